The van der Waals surface area contributed by atoms with E-state index in [0.717, 1.165) is 22.7 Å². The largest absolute Gasteiger partial charge is 0.497 e. The van der Waals surface area contributed by atoms with Gasteiger partial charge >= 0.3 is 6.01 Å². The van der Waals surface area contributed by atoms with Crippen molar-refractivity contribution in [1.29, 1.82) is 0 Å². The molecule has 1 N–H and O–H groups in total. The minimum atomic E-state index is -0.263. The number of fused-ring (bicyclic) bond motifs is 1. The van der Waals surface area contributed by atoms with Crippen LogP contribution < -0.4 is 19.9 Å². The van der Waals surface area contributed by atoms with Crippen LogP contribution in [0.2, 0.25) is 0 Å². The van der Waals surface area contributed by atoms with Crippen LogP contribution in [-0.4, -0.2) is 29.1 Å². The number of anilines is 2. The van der Waals surface area contributed by atoms with Gasteiger partial charge in [-0.2, -0.15) is 4.98 Å². The quantitative estimate of drug-likeness (QED) is 0.552. The highest BCUT2D eigenvalue weighted by Crippen LogP contribution is 2.31. The Balaban J connectivity index is 1.59. The molecule has 2 aromatic heterocycles. The zero-order valence-corrected chi connectivity index (χ0v) is 16.3. The summed E-state index contributed by atoms with van der Waals surface area (Å²) in [4.78, 5) is 25.3. The fourth-order valence-corrected chi connectivity index (χ4v) is 3.03. The lowest BCUT2D eigenvalue weighted by Crippen LogP contribution is -2.11. The Morgan fingerprint density at radius 3 is 2.52 bits per heavy atom. The number of aromatic nitrogens is 3. The molecule has 0 saturated heterocycles. The van der Waals surface area contributed by atoms with Gasteiger partial charge in [0.1, 0.15) is 11.5 Å². The number of H-pyrrole nitrogens is 1. The van der Waals surface area contributed by atoms with Crippen molar-refractivity contribution in [1.82, 2.24) is 15.0 Å². The summed E-state index contributed by atoms with van der Waals surface area (Å²) in [6.45, 7) is 1.95. The van der Waals surface area contributed by atoms with Gasteiger partial charge in [-0.3, -0.25) is 14.8 Å². The van der Waals surface area contributed by atoms with Gasteiger partial charge in [-0.05, 0) is 61.0 Å². The number of hydrogen-bond donors (Lipinski definition) is 1. The van der Waals surface area contributed by atoms with Crippen molar-refractivity contribution in [3.05, 3.63) is 76.8 Å². The average Bonchev–Trinajstić information content (AvgIpc) is 2.75. The van der Waals surface area contributed by atoms with Crippen molar-refractivity contribution in [2.45, 2.75) is 6.92 Å². The maximum atomic E-state index is 12.2. The summed E-state index contributed by atoms with van der Waals surface area (Å²) in [5.41, 5.74) is 3.17. The molecule has 0 radical (unpaired) electrons. The normalized spacial score (nSPS) is 10.7. The summed E-state index contributed by atoms with van der Waals surface area (Å²) in [7, 11) is 3.64. The van der Waals surface area contributed by atoms with Crippen LogP contribution in [0.4, 0.5) is 11.4 Å². The summed E-state index contributed by atoms with van der Waals surface area (Å²) >= 11 is 0. The third-order valence-corrected chi connectivity index (χ3v) is 4.70. The van der Waals surface area contributed by atoms with Gasteiger partial charge in [0.25, 0.3) is 5.56 Å². The van der Waals surface area contributed by atoms with Gasteiger partial charge in [-0.1, -0.05) is 0 Å². The molecular formula is C22H20N4O3. The van der Waals surface area contributed by atoms with E-state index in [9.17, 15) is 4.79 Å². The first-order valence-corrected chi connectivity index (χ1v) is 9.05. The number of aromatic amines is 1. The number of nitrogens with one attached hydrogen (secondary N) is 1. The first kappa shape index (κ1) is 18.5. The van der Waals surface area contributed by atoms with Crippen molar-refractivity contribution in [2.75, 3.05) is 19.1 Å². The van der Waals surface area contributed by atoms with Crippen molar-refractivity contribution in [2.24, 2.45) is 0 Å². The third-order valence-electron chi connectivity index (χ3n) is 4.70. The second kappa shape index (κ2) is 7.63. The SMILES string of the molecule is COc1ccc(N(C)c2ccc(Oc3nc4cnccc4c(=O)[nH]3)c(C)c2)cc1. The maximum absolute atomic E-state index is 12.2. The highest BCUT2D eigenvalue weighted by Gasteiger charge is 2.10. The molecule has 2 aromatic carbocycles. The van der Waals surface area contributed by atoms with E-state index in [4.69, 9.17) is 9.47 Å². The van der Waals surface area contributed by atoms with Crippen molar-refractivity contribution >= 4 is 22.3 Å². The van der Waals surface area contributed by atoms with Crippen molar-refractivity contribution < 1.29 is 9.47 Å². The number of methoxy groups -OCH3 is 1. The molecule has 0 aliphatic heterocycles. The lowest BCUT2D eigenvalue weighted by atomic mass is 10.1. The maximum Gasteiger partial charge on any atom is 0.302 e. The predicted octanol–water partition coefficient (Wildman–Crippen LogP) is 4.20. The number of benzene rings is 2. The molecule has 0 saturated carbocycles. The number of rotatable bonds is 5. The Kier molecular flexibility index (Phi) is 4.87. The van der Waals surface area contributed by atoms with Gasteiger partial charge < -0.3 is 14.4 Å². The van der Waals surface area contributed by atoms with Crippen LogP contribution in [-0.2, 0) is 0 Å². The summed E-state index contributed by atoms with van der Waals surface area (Å²) in [5.74, 6) is 1.43. The van der Waals surface area contributed by atoms with Crippen LogP contribution in [0, 0.1) is 6.92 Å². The minimum Gasteiger partial charge on any atom is -0.497 e. The van der Waals surface area contributed by atoms with Crippen LogP contribution in [0.15, 0.2) is 65.7 Å². The van der Waals surface area contributed by atoms with Gasteiger partial charge in [0.15, 0.2) is 0 Å². The summed E-state index contributed by atoms with van der Waals surface area (Å²) in [6, 6.07) is 15.4. The van der Waals surface area contributed by atoms with E-state index in [1.165, 1.54) is 6.20 Å². The molecule has 0 fully saturated rings. The summed E-state index contributed by atoms with van der Waals surface area (Å²) in [5, 5.41) is 0.473. The van der Waals surface area contributed by atoms with Gasteiger partial charge in [-0.25, -0.2) is 0 Å². The highest BCUT2D eigenvalue weighted by molar-refractivity contribution is 5.76. The smallest absolute Gasteiger partial charge is 0.302 e. The monoisotopic (exact) mass is 388 g/mol. The fraction of sp³-hybridized carbons (Fsp3) is 0.136. The summed E-state index contributed by atoms with van der Waals surface area (Å²) < 4.78 is 11.1. The molecule has 0 unspecified atom stereocenters. The van der Waals surface area contributed by atoms with E-state index in [1.807, 2.05) is 56.4 Å². The molecule has 146 valence electrons. The first-order valence-electron chi connectivity index (χ1n) is 9.05. The molecule has 29 heavy (non-hydrogen) atoms. The van der Waals surface area contributed by atoms with Crippen LogP contribution in [0.5, 0.6) is 17.5 Å². The van der Waals surface area contributed by atoms with E-state index in [-0.39, 0.29) is 11.6 Å². The number of aryl methyl sites for hydroxylation is 1. The minimum absolute atomic E-state index is 0.134. The predicted molar refractivity (Wildman–Crippen MR) is 112 cm³/mol. The van der Waals surface area contributed by atoms with Gasteiger partial charge in [0.2, 0.25) is 0 Å². The Bertz CT molecular complexity index is 1220. The molecule has 0 spiro atoms. The molecule has 0 bridgehead atoms. The number of hydrogen-bond acceptors (Lipinski definition) is 6. The van der Waals surface area contributed by atoms with Crippen LogP contribution in [0.3, 0.4) is 0 Å². The molecule has 0 aliphatic rings. The number of nitrogens with zero attached hydrogens (tertiary/aromatic N) is 3. The van der Waals surface area contributed by atoms with E-state index in [1.54, 1.807) is 19.4 Å². The van der Waals surface area contributed by atoms with Crippen molar-refractivity contribution in [3.63, 3.8) is 0 Å². The van der Waals surface area contributed by atoms with Crippen molar-refractivity contribution in [3.8, 4) is 17.5 Å². The van der Waals surface area contributed by atoms with E-state index in [0.29, 0.717) is 16.7 Å². The second-order valence-electron chi connectivity index (χ2n) is 6.57. The Morgan fingerprint density at radius 2 is 1.79 bits per heavy atom. The molecular weight excluding hydrogens is 368 g/mol. The van der Waals surface area contributed by atoms with Crippen LogP contribution in [0.25, 0.3) is 10.9 Å². The van der Waals surface area contributed by atoms with Gasteiger partial charge in [0.05, 0.1) is 24.2 Å². The Morgan fingerprint density at radius 1 is 1.03 bits per heavy atom. The zero-order chi connectivity index (χ0) is 20.4. The Hall–Kier alpha value is -3.87. The van der Waals surface area contributed by atoms with E-state index >= 15 is 0 Å². The first-order chi connectivity index (χ1) is 14.0. The molecule has 0 atom stereocenters. The molecule has 4 rings (SSSR count). The zero-order valence-electron chi connectivity index (χ0n) is 16.3. The van der Waals surface area contributed by atoms with E-state index < -0.39 is 0 Å². The molecule has 7 nitrogen and oxygen atoms in total. The van der Waals surface area contributed by atoms with Gasteiger partial charge in [0, 0.05) is 24.6 Å². The van der Waals surface area contributed by atoms with E-state index in [2.05, 4.69) is 19.9 Å². The molecule has 4 aromatic rings. The molecule has 0 amide bonds. The van der Waals surface area contributed by atoms with Crippen LogP contribution in [0.1, 0.15) is 5.56 Å². The van der Waals surface area contributed by atoms with Gasteiger partial charge in [-0.15, -0.1) is 0 Å². The topological polar surface area (TPSA) is 80.3 Å². The average molecular weight is 388 g/mol. The number of pyridine rings is 1. The standard InChI is InChI=1S/C22H20N4O3/c1-14-12-16(26(2)15-4-7-17(28-3)8-5-15)6-9-20(14)29-22-24-19-13-23-11-10-18(19)21(27)25-22/h4-13H,1-3H3,(H,24,25,27). The lowest BCUT2D eigenvalue weighted by Gasteiger charge is -2.21. The molecule has 7 heteroatoms. The highest BCUT2D eigenvalue weighted by atomic mass is 16.5. The second-order valence-corrected chi connectivity index (χ2v) is 6.57. The van der Waals surface area contributed by atoms with Crippen LogP contribution >= 0.6 is 0 Å². The number of ether oxygens (including phenoxy) is 2. The lowest BCUT2D eigenvalue weighted by molar-refractivity contribution is 0.415. The fourth-order valence-electron chi connectivity index (χ4n) is 3.03. The molecule has 2 heterocycles. The third kappa shape index (κ3) is 3.75. The molecule has 0 aliphatic carbocycles. The summed E-state index contributed by atoms with van der Waals surface area (Å²) in [6.07, 6.45) is 3.10. The Labute approximate surface area is 167 Å².